The van der Waals surface area contributed by atoms with Crippen LogP contribution in [0.5, 0.6) is 0 Å². The van der Waals surface area contributed by atoms with Crippen molar-refractivity contribution in [3.8, 4) is 6.07 Å². The summed E-state index contributed by atoms with van der Waals surface area (Å²) >= 11 is 1.40. The van der Waals surface area contributed by atoms with Gasteiger partial charge in [0.05, 0.1) is 5.69 Å². The lowest BCUT2D eigenvalue weighted by atomic mass is 10.1. The third-order valence-electron chi connectivity index (χ3n) is 4.09. The number of nitriles is 1. The number of nitrogens with zero attached hydrogens (tertiary/aromatic N) is 5. The van der Waals surface area contributed by atoms with Gasteiger partial charge in [0.25, 0.3) is 11.1 Å². The average molecular weight is 341 g/mol. The second-order valence-electron chi connectivity index (χ2n) is 5.51. The maximum atomic E-state index is 12.5. The monoisotopic (exact) mass is 341 g/mol. The molecule has 0 atom stereocenters. The fourth-order valence-corrected chi connectivity index (χ4v) is 3.33. The van der Waals surface area contributed by atoms with Gasteiger partial charge in [-0.2, -0.15) is 10.4 Å². The largest absolute Gasteiger partial charge is 0.284 e. The standard InChI is InChI=1S/C16H15N5O2S/c1-9-10(2)19-21(15(23)13(9)8-17)5-4-12-11(3)18-16-20(14(12)22)6-7-24-16/h6-7H,4-5H2,1-3H3. The van der Waals surface area contributed by atoms with Gasteiger partial charge in [-0.3, -0.25) is 14.0 Å². The Labute approximate surface area is 141 Å². The third kappa shape index (κ3) is 2.53. The van der Waals surface area contributed by atoms with Crippen LogP contribution in [0.3, 0.4) is 0 Å². The van der Waals surface area contributed by atoms with Crippen LogP contribution in [0.2, 0.25) is 0 Å². The molecule has 8 heteroatoms. The van der Waals surface area contributed by atoms with Gasteiger partial charge in [-0.25, -0.2) is 9.67 Å². The zero-order valence-corrected chi connectivity index (χ0v) is 14.3. The predicted molar refractivity (Wildman–Crippen MR) is 90.5 cm³/mol. The Morgan fingerprint density at radius 1 is 1.21 bits per heavy atom. The quantitative estimate of drug-likeness (QED) is 0.717. The topological polar surface area (TPSA) is 93.1 Å². The molecule has 0 fully saturated rings. The smallest absolute Gasteiger partial charge is 0.269 e. The van der Waals surface area contributed by atoms with E-state index in [1.807, 2.05) is 11.4 Å². The van der Waals surface area contributed by atoms with E-state index in [1.165, 1.54) is 20.4 Å². The molecule has 0 bridgehead atoms. The fourth-order valence-electron chi connectivity index (χ4n) is 2.58. The molecule has 3 rings (SSSR count). The summed E-state index contributed by atoms with van der Waals surface area (Å²) in [7, 11) is 0. The normalized spacial score (nSPS) is 10.9. The Bertz CT molecular complexity index is 1100. The zero-order chi connectivity index (χ0) is 17.4. The summed E-state index contributed by atoms with van der Waals surface area (Å²) in [4.78, 5) is 29.9. The lowest BCUT2D eigenvalue weighted by molar-refractivity contribution is 0.562. The molecule has 0 N–H and O–H groups in total. The molecule has 0 radical (unpaired) electrons. The minimum absolute atomic E-state index is 0.0994. The van der Waals surface area contributed by atoms with Crippen molar-refractivity contribution in [2.75, 3.05) is 0 Å². The highest BCUT2D eigenvalue weighted by molar-refractivity contribution is 7.15. The highest BCUT2D eigenvalue weighted by Crippen LogP contribution is 2.10. The summed E-state index contributed by atoms with van der Waals surface area (Å²) < 4.78 is 2.76. The Kier molecular flexibility index (Phi) is 4.03. The summed E-state index contributed by atoms with van der Waals surface area (Å²) in [6.45, 7) is 5.47. The summed E-state index contributed by atoms with van der Waals surface area (Å²) in [5.74, 6) is 0. The number of thiazole rings is 1. The summed E-state index contributed by atoms with van der Waals surface area (Å²) in [5, 5.41) is 15.2. The summed E-state index contributed by atoms with van der Waals surface area (Å²) in [5.41, 5.74) is 1.97. The Morgan fingerprint density at radius 2 is 1.96 bits per heavy atom. The molecule has 0 saturated heterocycles. The number of aryl methyl sites for hydroxylation is 3. The second kappa shape index (κ2) is 6.02. The molecular weight excluding hydrogens is 326 g/mol. The molecule has 0 aliphatic heterocycles. The minimum Gasteiger partial charge on any atom is -0.269 e. The van der Waals surface area contributed by atoms with Gasteiger partial charge in [0.15, 0.2) is 4.96 Å². The number of hydrogen-bond acceptors (Lipinski definition) is 6. The fraction of sp³-hybridized carbons (Fsp3) is 0.312. The van der Waals surface area contributed by atoms with Gasteiger partial charge in [0.2, 0.25) is 0 Å². The number of fused-ring (bicyclic) bond motifs is 1. The van der Waals surface area contributed by atoms with Gasteiger partial charge in [-0.05, 0) is 32.8 Å². The molecule has 0 amide bonds. The summed E-state index contributed by atoms with van der Waals surface area (Å²) in [6, 6.07) is 1.94. The Morgan fingerprint density at radius 3 is 2.67 bits per heavy atom. The lowest BCUT2D eigenvalue weighted by Gasteiger charge is -2.10. The van der Waals surface area contributed by atoms with Gasteiger partial charge in [0.1, 0.15) is 11.6 Å². The van der Waals surface area contributed by atoms with Crippen LogP contribution in [0.25, 0.3) is 4.96 Å². The van der Waals surface area contributed by atoms with Gasteiger partial charge >= 0.3 is 0 Å². The van der Waals surface area contributed by atoms with Crippen molar-refractivity contribution in [3.05, 3.63) is 60.4 Å². The molecule has 7 nitrogen and oxygen atoms in total. The van der Waals surface area contributed by atoms with Gasteiger partial charge in [-0.1, -0.05) is 0 Å². The molecule has 3 heterocycles. The van der Waals surface area contributed by atoms with E-state index in [4.69, 9.17) is 5.26 Å². The molecule has 0 saturated carbocycles. The minimum atomic E-state index is -0.428. The predicted octanol–water partition coefficient (Wildman–Crippen LogP) is 1.35. The molecular formula is C16H15N5O2S. The van der Waals surface area contributed by atoms with Crippen molar-refractivity contribution in [1.29, 1.82) is 5.26 Å². The van der Waals surface area contributed by atoms with Crippen LogP contribution in [-0.2, 0) is 13.0 Å². The number of hydrogen-bond donors (Lipinski definition) is 0. The third-order valence-corrected chi connectivity index (χ3v) is 4.85. The zero-order valence-electron chi connectivity index (χ0n) is 13.5. The molecule has 3 aromatic rings. The highest BCUT2D eigenvalue weighted by Gasteiger charge is 2.14. The van der Waals surface area contributed by atoms with E-state index in [0.29, 0.717) is 33.9 Å². The first-order valence-corrected chi connectivity index (χ1v) is 8.25. The first-order valence-electron chi connectivity index (χ1n) is 7.37. The van der Waals surface area contributed by atoms with E-state index in [-0.39, 0.29) is 17.7 Å². The van der Waals surface area contributed by atoms with Crippen molar-refractivity contribution in [3.63, 3.8) is 0 Å². The van der Waals surface area contributed by atoms with Crippen molar-refractivity contribution in [1.82, 2.24) is 19.2 Å². The maximum absolute atomic E-state index is 12.5. The molecule has 0 spiro atoms. The van der Waals surface area contributed by atoms with Crippen LogP contribution < -0.4 is 11.1 Å². The molecule has 0 aliphatic carbocycles. The van der Waals surface area contributed by atoms with Crippen LogP contribution in [-0.4, -0.2) is 19.2 Å². The molecule has 3 aromatic heterocycles. The average Bonchev–Trinajstić information content (AvgIpc) is 3.01. The number of aromatic nitrogens is 4. The maximum Gasteiger partial charge on any atom is 0.284 e. The van der Waals surface area contributed by atoms with E-state index < -0.39 is 5.56 Å². The lowest BCUT2D eigenvalue weighted by Crippen LogP contribution is -2.30. The SMILES string of the molecule is Cc1nn(CCc2c(C)nc3sccn3c2=O)c(=O)c(C#N)c1C. The molecule has 0 unspecified atom stereocenters. The van der Waals surface area contributed by atoms with Crippen LogP contribution in [0, 0.1) is 32.1 Å². The Hall–Kier alpha value is -2.79. The van der Waals surface area contributed by atoms with E-state index in [0.717, 1.165) is 0 Å². The first-order chi connectivity index (χ1) is 11.4. The van der Waals surface area contributed by atoms with E-state index in [9.17, 15) is 9.59 Å². The van der Waals surface area contributed by atoms with Crippen molar-refractivity contribution in [2.24, 2.45) is 0 Å². The van der Waals surface area contributed by atoms with Crippen LogP contribution in [0.15, 0.2) is 21.2 Å². The van der Waals surface area contributed by atoms with E-state index in [1.54, 1.807) is 27.0 Å². The van der Waals surface area contributed by atoms with Crippen LogP contribution >= 0.6 is 11.3 Å². The van der Waals surface area contributed by atoms with Gasteiger partial charge in [-0.15, -0.1) is 11.3 Å². The highest BCUT2D eigenvalue weighted by atomic mass is 32.1. The van der Waals surface area contributed by atoms with Crippen LogP contribution in [0.4, 0.5) is 0 Å². The first kappa shape index (κ1) is 16.1. The Balaban J connectivity index is 2.01. The van der Waals surface area contributed by atoms with Crippen LogP contribution in [0.1, 0.15) is 28.1 Å². The van der Waals surface area contributed by atoms with Gasteiger partial charge < -0.3 is 0 Å². The van der Waals surface area contributed by atoms with E-state index >= 15 is 0 Å². The second-order valence-corrected chi connectivity index (χ2v) is 6.39. The molecule has 122 valence electrons. The van der Waals surface area contributed by atoms with E-state index in [2.05, 4.69) is 10.1 Å². The van der Waals surface area contributed by atoms with Crippen molar-refractivity contribution < 1.29 is 0 Å². The molecule has 0 aliphatic rings. The molecule has 24 heavy (non-hydrogen) atoms. The summed E-state index contributed by atoms with van der Waals surface area (Å²) in [6.07, 6.45) is 2.02. The van der Waals surface area contributed by atoms with Gasteiger partial charge in [0, 0.05) is 29.4 Å². The van der Waals surface area contributed by atoms with Crippen molar-refractivity contribution >= 4 is 16.3 Å². The molecule has 0 aromatic carbocycles. The number of rotatable bonds is 3. The van der Waals surface area contributed by atoms with Crippen molar-refractivity contribution in [2.45, 2.75) is 33.7 Å².